The van der Waals surface area contributed by atoms with E-state index in [2.05, 4.69) is 30.6 Å². The van der Waals surface area contributed by atoms with Crippen molar-refractivity contribution in [2.24, 2.45) is 12.8 Å². The van der Waals surface area contributed by atoms with Crippen molar-refractivity contribution in [2.75, 3.05) is 23.3 Å². The van der Waals surface area contributed by atoms with Crippen LogP contribution in [0.2, 0.25) is 0 Å². The van der Waals surface area contributed by atoms with E-state index in [0.29, 0.717) is 17.9 Å². The van der Waals surface area contributed by atoms with Gasteiger partial charge in [-0.25, -0.2) is 9.97 Å². The molecule has 0 bridgehead atoms. The van der Waals surface area contributed by atoms with Crippen molar-refractivity contribution >= 4 is 23.2 Å². The lowest BCUT2D eigenvalue weighted by Gasteiger charge is -2.38. The van der Waals surface area contributed by atoms with Crippen LogP contribution >= 0.6 is 0 Å². The minimum atomic E-state index is -0.607. The lowest BCUT2D eigenvalue weighted by Crippen LogP contribution is -2.49. The zero-order valence-corrected chi connectivity index (χ0v) is 14.1. The Morgan fingerprint density at radius 3 is 3.04 bits per heavy atom. The Balaban J connectivity index is 1.67. The highest BCUT2D eigenvalue weighted by Gasteiger charge is 2.35. The molecular formula is C16H22N8O. The van der Waals surface area contributed by atoms with Crippen molar-refractivity contribution in [3.63, 3.8) is 0 Å². The quantitative estimate of drug-likeness (QED) is 0.736. The fourth-order valence-corrected chi connectivity index (χ4v) is 3.76. The summed E-state index contributed by atoms with van der Waals surface area (Å²) in [5.41, 5.74) is 6.32. The van der Waals surface area contributed by atoms with Gasteiger partial charge in [-0.3, -0.25) is 9.48 Å². The molecule has 2 aliphatic rings. The van der Waals surface area contributed by atoms with Crippen LogP contribution in [-0.4, -0.2) is 50.8 Å². The van der Waals surface area contributed by atoms with Gasteiger partial charge in [-0.15, -0.1) is 0 Å². The van der Waals surface area contributed by atoms with E-state index in [1.165, 1.54) is 6.42 Å². The second kappa shape index (κ2) is 6.32. The van der Waals surface area contributed by atoms with Crippen LogP contribution in [0.1, 0.15) is 29.8 Å². The minimum Gasteiger partial charge on any atom is -0.364 e. The van der Waals surface area contributed by atoms with Crippen LogP contribution in [0, 0.1) is 0 Å². The molecule has 4 N–H and O–H groups in total. The summed E-state index contributed by atoms with van der Waals surface area (Å²) < 4.78 is 1.67. The maximum atomic E-state index is 11.7. The molecule has 9 nitrogen and oxygen atoms in total. The molecule has 132 valence electrons. The molecule has 2 unspecified atom stereocenters. The predicted octanol–water partition coefficient (Wildman–Crippen LogP) is 0.383. The number of amides is 1. The smallest absolute Gasteiger partial charge is 0.271 e. The molecule has 2 aliphatic heterocycles. The molecule has 9 heteroatoms. The van der Waals surface area contributed by atoms with E-state index < -0.39 is 5.91 Å². The molecule has 25 heavy (non-hydrogen) atoms. The van der Waals surface area contributed by atoms with E-state index in [-0.39, 0.29) is 5.69 Å². The largest absolute Gasteiger partial charge is 0.364 e. The first-order valence-corrected chi connectivity index (χ1v) is 8.54. The summed E-state index contributed by atoms with van der Waals surface area (Å²) >= 11 is 0. The maximum Gasteiger partial charge on any atom is 0.271 e. The summed E-state index contributed by atoms with van der Waals surface area (Å²) in [6.45, 7) is 1.97. The predicted molar refractivity (Wildman–Crippen MR) is 93.8 cm³/mol. The van der Waals surface area contributed by atoms with E-state index in [4.69, 9.17) is 5.73 Å². The van der Waals surface area contributed by atoms with Gasteiger partial charge in [0, 0.05) is 31.9 Å². The second-order valence-corrected chi connectivity index (χ2v) is 6.57. The van der Waals surface area contributed by atoms with Gasteiger partial charge in [-0.1, -0.05) is 0 Å². The average Bonchev–Trinajstić information content (AvgIpc) is 3.23. The van der Waals surface area contributed by atoms with E-state index in [1.54, 1.807) is 23.3 Å². The highest BCUT2D eigenvalue weighted by Crippen LogP contribution is 2.29. The number of primary amides is 1. The van der Waals surface area contributed by atoms with Gasteiger partial charge in [-0.05, 0) is 25.8 Å². The molecule has 2 aromatic heterocycles. The Kier molecular flexibility index (Phi) is 4.00. The zero-order chi connectivity index (χ0) is 17.4. The van der Waals surface area contributed by atoms with Crippen molar-refractivity contribution in [3.05, 3.63) is 24.3 Å². The third kappa shape index (κ3) is 3.02. The van der Waals surface area contributed by atoms with Gasteiger partial charge in [0.2, 0.25) is 0 Å². The molecule has 4 heterocycles. The molecule has 2 saturated heterocycles. The van der Waals surface area contributed by atoms with Crippen LogP contribution in [0.4, 0.5) is 17.3 Å². The molecule has 0 saturated carbocycles. The highest BCUT2D eigenvalue weighted by molar-refractivity contribution is 5.96. The van der Waals surface area contributed by atoms with E-state index in [9.17, 15) is 4.79 Å². The molecule has 4 rings (SSSR count). The van der Waals surface area contributed by atoms with Crippen molar-refractivity contribution in [1.82, 2.24) is 25.1 Å². The third-order valence-electron chi connectivity index (χ3n) is 4.88. The molecular weight excluding hydrogens is 320 g/mol. The first-order valence-electron chi connectivity index (χ1n) is 8.54. The van der Waals surface area contributed by atoms with Crippen LogP contribution in [0.3, 0.4) is 0 Å². The van der Waals surface area contributed by atoms with Gasteiger partial charge in [0.25, 0.3) is 5.91 Å². The van der Waals surface area contributed by atoms with Crippen molar-refractivity contribution in [3.8, 4) is 0 Å². The first kappa shape index (κ1) is 15.8. The lowest BCUT2D eigenvalue weighted by molar-refractivity contribution is 0.0996. The number of rotatable bonds is 4. The Labute approximate surface area is 145 Å². The summed E-state index contributed by atoms with van der Waals surface area (Å²) in [5.74, 6) is 0.533. The van der Waals surface area contributed by atoms with E-state index in [1.807, 2.05) is 7.05 Å². The first-order chi connectivity index (χ1) is 12.1. The van der Waals surface area contributed by atoms with E-state index in [0.717, 1.165) is 37.4 Å². The Morgan fingerprint density at radius 2 is 2.28 bits per heavy atom. The monoisotopic (exact) mass is 342 g/mol. The lowest BCUT2D eigenvalue weighted by atomic mass is 9.97. The Morgan fingerprint density at radius 1 is 1.40 bits per heavy atom. The fraction of sp³-hybridized carbons (Fsp3) is 0.500. The number of aromatic nitrogens is 4. The van der Waals surface area contributed by atoms with Gasteiger partial charge < -0.3 is 21.3 Å². The summed E-state index contributed by atoms with van der Waals surface area (Å²) in [5, 5.41) is 10.8. The molecule has 2 fully saturated rings. The number of hydrogen-bond donors (Lipinski definition) is 3. The molecule has 0 aromatic carbocycles. The SMILES string of the molecule is Cn1cc(Nc2nc(N3CCCC4NCCC43)cnc2C(N)=O)cn1. The van der Waals surface area contributed by atoms with Crippen molar-refractivity contribution in [2.45, 2.75) is 31.3 Å². The van der Waals surface area contributed by atoms with Crippen LogP contribution in [-0.2, 0) is 7.05 Å². The number of piperidine rings is 1. The molecule has 0 aliphatic carbocycles. The number of carbonyl (C=O) groups excluding carboxylic acids is 1. The van der Waals surface area contributed by atoms with Crippen LogP contribution in [0.5, 0.6) is 0 Å². The molecule has 0 radical (unpaired) electrons. The molecule has 2 aromatic rings. The normalized spacial score (nSPS) is 22.7. The zero-order valence-electron chi connectivity index (χ0n) is 14.1. The topological polar surface area (TPSA) is 114 Å². The number of nitrogens with two attached hydrogens (primary N) is 1. The molecule has 0 spiro atoms. The van der Waals surface area contributed by atoms with E-state index >= 15 is 0 Å². The number of nitrogens with one attached hydrogen (secondary N) is 2. The van der Waals surface area contributed by atoms with Gasteiger partial charge in [0.15, 0.2) is 11.5 Å². The summed E-state index contributed by atoms with van der Waals surface area (Å²) in [7, 11) is 1.82. The minimum absolute atomic E-state index is 0.130. The van der Waals surface area contributed by atoms with Crippen LogP contribution in [0.25, 0.3) is 0 Å². The second-order valence-electron chi connectivity index (χ2n) is 6.57. The number of nitrogens with zero attached hydrogens (tertiary/aromatic N) is 5. The number of aryl methyl sites for hydroxylation is 1. The van der Waals surface area contributed by atoms with Gasteiger partial charge in [0.05, 0.1) is 18.1 Å². The van der Waals surface area contributed by atoms with Crippen LogP contribution < -0.4 is 21.3 Å². The number of carbonyl (C=O) groups is 1. The standard InChI is InChI=1S/C16H22N8O/c1-23-9-10(7-20-23)21-16-14(15(17)25)19-8-13(22-16)24-6-2-3-11-12(24)4-5-18-11/h7-9,11-12,18H,2-6H2,1H3,(H2,17,25)(H,21,22). The third-order valence-corrected chi connectivity index (χ3v) is 4.88. The molecule has 2 atom stereocenters. The number of hydrogen-bond acceptors (Lipinski definition) is 7. The summed E-state index contributed by atoms with van der Waals surface area (Å²) in [4.78, 5) is 23.0. The summed E-state index contributed by atoms with van der Waals surface area (Å²) in [6.07, 6.45) is 8.51. The van der Waals surface area contributed by atoms with Gasteiger partial charge >= 0.3 is 0 Å². The number of anilines is 3. The summed E-state index contributed by atoms with van der Waals surface area (Å²) in [6, 6.07) is 0.926. The Hall–Kier alpha value is -2.68. The maximum absolute atomic E-state index is 11.7. The number of fused-ring (bicyclic) bond motifs is 1. The highest BCUT2D eigenvalue weighted by atomic mass is 16.1. The van der Waals surface area contributed by atoms with Crippen molar-refractivity contribution < 1.29 is 4.79 Å². The molecule has 1 amide bonds. The fourth-order valence-electron chi connectivity index (χ4n) is 3.76. The average molecular weight is 342 g/mol. The van der Waals surface area contributed by atoms with Gasteiger partial charge in [-0.2, -0.15) is 5.10 Å². The van der Waals surface area contributed by atoms with Crippen molar-refractivity contribution in [1.29, 1.82) is 0 Å². The van der Waals surface area contributed by atoms with Gasteiger partial charge in [0.1, 0.15) is 5.82 Å². The Bertz CT molecular complexity index is 788. The van der Waals surface area contributed by atoms with Crippen LogP contribution in [0.15, 0.2) is 18.6 Å².